The Morgan fingerprint density at radius 1 is 0.741 bits per heavy atom. The summed E-state index contributed by atoms with van der Waals surface area (Å²) in [7, 11) is -4.03. The Kier molecular flexibility index (Phi) is 6.36. The highest BCUT2D eigenvalue weighted by Gasteiger charge is 2.36. The first-order chi connectivity index (χ1) is 13.1. The SMILES string of the molecule is Cc1ccccc1C(=O)P(=O)(OCc1ccccc1)OCc1ccccc1. The molecule has 0 bridgehead atoms. The lowest BCUT2D eigenvalue weighted by atomic mass is 10.1. The van der Waals surface area contributed by atoms with E-state index in [0.29, 0.717) is 5.56 Å². The van der Waals surface area contributed by atoms with Gasteiger partial charge in [-0.1, -0.05) is 84.9 Å². The number of hydrogen-bond acceptors (Lipinski definition) is 4. The van der Waals surface area contributed by atoms with Crippen LogP contribution in [0.25, 0.3) is 0 Å². The first-order valence-corrected chi connectivity index (χ1v) is 10.2. The van der Waals surface area contributed by atoms with E-state index in [4.69, 9.17) is 9.05 Å². The van der Waals surface area contributed by atoms with Gasteiger partial charge in [-0.2, -0.15) is 0 Å². The molecule has 0 unspecified atom stereocenters. The average molecular weight is 380 g/mol. The summed E-state index contributed by atoms with van der Waals surface area (Å²) in [6.07, 6.45) is 0. The molecule has 0 heterocycles. The molecule has 138 valence electrons. The summed E-state index contributed by atoms with van der Waals surface area (Å²) >= 11 is 0. The molecule has 0 saturated heterocycles. The van der Waals surface area contributed by atoms with Crippen LogP contribution in [0, 0.1) is 6.92 Å². The van der Waals surface area contributed by atoms with E-state index in [-0.39, 0.29) is 13.2 Å². The van der Waals surface area contributed by atoms with Crippen LogP contribution in [-0.4, -0.2) is 5.52 Å². The van der Waals surface area contributed by atoms with Gasteiger partial charge in [0, 0.05) is 5.56 Å². The Morgan fingerprint density at radius 3 is 1.67 bits per heavy atom. The molecule has 5 heteroatoms. The molecule has 27 heavy (non-hydrogen) atoms. The number of carbonyl (C=O) groups is 1. The van der Waals surface area contributed by atoms with Crippen molar-refractivity contribution in [1.82, 2.24) is 0 Å². The minimum atomic E-state index is -4.03. The van der Waals surface area contributed by atoms with E-state index in [1.807, 2.05) is 66.7 Å². The van der Waals surface area contributed by atoms with E-state index >= 15 is 0 Å². The zero-order chi connectivity index (χ0) is 19.1. The standard InChI is InChI=1S/C22H21O4P/c1-18-10-8-9-15-21(18)22(23)27(24,25-16-19-11-4-2-5-12-19)26-17-20-13-6-3-7-14-20/h2-15H,16-17H2,1H3. The molecule has 0 amide bonds. The van der Waals surface area contributed by atoms with Gasteiger partial charge in [-0.15, -0.1) is 0 Å². The third-order valence-corrected chi connectivity index (χ3v) is 5.79. The van der Waals surface area contributed by atoms with Crippen molar-refractivity contribution in [2.45, 2.75) is 20.1 Å². The van der Waals surface area contributed by atoms with Crippen molar-refractivity contribution in [3.8, 4) is 0 Å². The van der Waals surface area contributed by atoms with E-state index < -0.39 is 13.1 Å². The molecule has 3 aromatic carbocycles. The highest BCUT2D eigenvalue weighted by Crippen LogP contribution is 2.53. The summed E-state index contributed by atoms with van der Waals surface area (Å²) in [6, 6.07) is 25.6. The molecular formula is C22H21O4P. The second-order valence-corrected chi connectivity index (χ2v) is 8.05. The van der Waals surface area contributed by atoms with Crippen LogP contribution in [0.3, 0.4) is 0 Å². The zero-order valence-corrected chi connectivity index (χ0v) is 16.0. The number of rotatable bonds is 8. The normalized spacial score (nSPS) is 11.3. The highest BCUT2D eigenvalue weighted by molar-refractivity contribution is 7.72. The van der Waals surface area contributed by atoms with Crippen LogP contribution < -0.4 is 0 Å². The number of hydrogen-bond donors (Lipinski definition) is 0. The number of benzene rings is 3. The van der Waals surface area contributed by atoms with Crippen LogP contribution >= 0.6 is 7.60 Å². The molecule has 0 N–H and O–H groups in total. The largest absolute Gasteiger partial charge is 0.402 e. The van der Waals surface area contributed by atoms with E-state index in [1.165, 1.54) is 0 Å². The molecule has 0 aliphatic carbocycles. The van der Waals surface area contributed by atoms with Crippen molar-refractivity contribution in [1.29, 1.82) is 0 Å². The minimum Gasteiger partial charge on any atom is -0.298 e. The van der Waals surface area contributed by atoms with Gasteiger partial charge in [-0.05, 0) is 23.6 Å². The van der Waals surface area contributed by atoms with Gasteiger partial charge in [0.05, 0.1) is 13.2 Å². The fourth-order valence-electron chi connectivity index (χ4n) is 2.58. The Labute approximate surface area is 159 Å². The molecule has 3 aromatic rings. The van der Waals surface area contributed by atoms with Crippen LogP contribution in [-0.2, 0) is 26.8 Å². The van der Waals surface area contributed by atoms with Gasteiger partial charge < -0.3 is 0 Å². The van der Waals surface area contributed by atoms with E-state index in [2.05, 4.69) is 0 Å². The maximum Gasteiger partial charge on any atom is 0.402 e. The number of aryl methyl sites for hydroxylation is 1. The van der Waals surface area contributed by atoms with Gasteiger partial charge in [0.2, 0.25) is 0 Å². The first-order valence-electron chi connectivity index (χ1n) is 8.66. The Hall–Kier alpha value is -2.52. The van der Waals surface area contributed by atoms with E-state index in [1.54, 1.807) is 25.1 Å². The lowest BCUT2D eigenvalue weighted by molar-refractivity contribution is 0.0982. The van der Waals surface area contributed by atoms with Crippen LogP contribution in [0.15, 0.2) is 84.9 Å². The van der Waals surface area contributed by atoms with Gasteiger partial charge in [0.25, 0.3) is 5.52 Å². The predicted molar refractivity (Wildman–Crippen MR) is 106 cm³/mol. The molecule has 0 aliphatic heterocycles. The Balaban J connectivity index is 1.84. The molecule has 0 aromatic heterocycles. The number of carbonyl (C=O) groups excluding carboxylic acids is 1. The van der Waals surface area contributed by atoms with E-state index in [9.17, 15) is 9.36 Å². The fourth-order valence-corrected chi connectivity index (χ4v) is 4.08. The van der Waals surface area contributed by atoms with Crippen molar-refractivity contribution in [3.63, 3.8) is 0 Å². The monoisotopic (exact) mass is 380 g/mol. The van der Waals surface area contributed by atoms with Crippen molar-refractivity contribution in [3.05, 3.63) is 107 Å². The smallest absolute Gasteiger partial charge is 0.298 e. The second kappa shape index (κ2) is 8.92. The fraction of sp³-hybridized carbons (Fsp3) is 0.136. The third-order valence-electron chi connectivity index (χ3n) is 4.11. The van der Waals surface area contributed by atoms with Crippen LogP contribution in [0.2, 0.25) is 0 Å². The maximum absolute atomic E-state index is 13.4. The lowest BCUT2D eigenvalue weighted by Crippen LogP contribution is -2.09. The zero-order valence-electron chi connectivity index (χ0n) is 15.1. The van der Waals surface area contributed by atoms with Crippen LogP contribution in [0.4, 0.5) is 0 Å². The molecule has 0 aliphatic rings. The predicted octanol–water partition coefficient (Wildman–Crippen LogP) is 5.76. The maximum atomic E-state index is 13.4. The van der Waals surface area contributed by atoms with Gasteiger partial charge in [-0.25, -0.2) is 0 Å². The average Bonchev–Trinajstić information content (AvgIpc) is 2.72. The van der Waals surface area contributed by atoms with Crippen molar-refractivity contribution < 1.29 is 18.4 Å². The van der Waals surface area contributed by atoms with Crippen LogP contribution in [0.5, 0.6) is 0 Å². The summed E-state index contributed by atoms with van der Waals surface area (Å²) < 4.78 is 24.6. The molecule has 0 fully saturated rings. The molecule has 0 spiro atoms. The van der Waals surface area contributed by atoms with Crippen molar-refractivity contribution >= 4 is 13.1 Å². The van der Waals surface area contributed by atoms with Crippen LogP contribution in [0.1, 0.15) is 27.0 Å². The molecule has 0 radical (unpaired) electrons. The topological polar surface area (TPSA) is 52.6 Å². The van der Waals surface area contributed by atoms with Gasteiger partial charge in [0.15, 0.2) is 0 Å². The highest BCUT2D eigenvalue weighted by atomic mass is 31.2. The second-order valence-electron chi connectivity index (χ2n) is 6.14. The first kappa shape index (κ1) is 19.2. The molecule has 0 atom stereocenters. The Bertz CT molecular complexity index is 891. The van der Waals surface area contributed by atoms with Gasteiger partial charge in [-0.3, -0.25) is 18.4 Å². The van der Waals surface area contributed by atoms with Crippen molar-refractivity contribution in [2.24, 2.45) is 0 Å². The summed E-state index contributed by atoms with van der Waals surface area (Å²) in [5.41, 5.74) is 2.10. The van der Waals surface area contributed by atoms with Crippen molar-refractivity contribution in [2.75, 3.05) is 0 Å². The third kappa shape index (κ3) is 5.01. The minimum absolute atomic E-state index is 0.0323. The molecular weight excluding hydrogens is 359 g/mol. The van der Waals surface area contributed by atoms with E-state index in [0.717, 1.165) is 16.7 Å². The Morgan fingerprint density at radius 2 is 1.19 bits per heavy atom. The molecule has 3 rings (SSSR count). The summed E-state index contributed by atoms with van der Waals surface area (Å²) in [5, 5.41) is 0. The summed E-state index contributed by atoms with van der Waals surface area (Å²) in [5.74, 6) is 0. The van der Waals surface area contributed by atoms with Gasteiger partial charge >= 0.3 is 7.60 Å². The summed E-state index contributed by atoms with van der Waals surface area (Å²) in [4.78, 5) is 13.0. The molecule has 0 saturated carbocycles. The molecule has 4 nitrogen and oxygen atoms in total. The van der Waals surface area contributed by atoms with Gasteiger partial charge in [0.1, 0.15) is 0 Å². The lowest BCUT2D eigenvalue weighted by Gasteiger charge is -2.18. The summed E-state index contributed by atoms with van der Waals surface area (Å²) in [6.45, 7) is 1.86. The quantitative estimate of drug-likeness (QED) is 0.466.